The molecule has 0 aliphatic carbocycles. The third kappa shape index (κ3) is 5.02. The molecule has 0 fully saturated rings. The highest BCUT2D eigenvalue weighted by molar-refractivity contribution is 5.91. The molecule has 0 bridgehead atoms. The Morgan fingerprint density at radius 1 is 1.09 bits per heavy atom. The van der Waals surface area contributed by atoms with Crippen molar-refractivity contribution in [2.45, 2.75) is 26.2 Å². The number of nitrogens with zero attached hydrogens (tertiary/aromatic N) is 1. The lowest BCUT2D eigenvalue weighted by atomic mass is 10.1. The number of hydrogen-bond acceptors (Lipinski definition) is 3. The van der Waals surface area contributed by atoms with E-state index in [1.807, 2.05) is 12.1 Å². The number of ether oxygens (including phenoxy) is 1. The molecule has 0 spiro atoms. The topological polar surface area (TPSA) is 50.1 Å². The van der Waals surface area contributed by atoms with E-state index in [1.54, 1.807) is 42.5 Å². The molecule has 0 amide bonds. The van der Waals surface area contributed by atoms with Crippen LogP contribution in [0.1, 0.15) is 41.3 Å². The van der Waals surface area contributed by atoms with Crippen LogP contribution in [0.5, 0.6) is 5.75 Å². The molecule has 0 aliphatic heterocycles. The van der Waals surface area contributed by atoms with Gasteiger partial charge in [-0.15, -0.1) is 0 Å². The quantitative estimate of drug-likeness (QED) is 0.474. The third-order valence-corrected chi connectivity index (χ3v) is 3.34. The standard InChI is InChI=1S/C20H17NO2/c1-2-3-5-16-7-11-18(12-8-16)20(22)23-19-13-9-17(10-14-19)6-4-15-21/h7-14H,2-3,5H2,1H3. The highest BCUT2D eigenvalue weighted by Gasteiger charge is 2.08. The first-order chi connectivity index (χ1) is 11.2. The maximum absolute atomic E-state index is 12.1. The molecule has 0 unspecified atom stereocenters. The highest BCUT2D eigenvalue weighted by atomic mass is 16.5. The van der Waals surface area contributed by atoms with Crippen molar-refractivity contribution in [3.63, 3.8) is 0 Å². The van der Waals surface area contributed by atoms with Crippen LogP contribution in [0.15, 0.2) is 48.5 Å². The van der Waals surface area contributed by atoms with Crippen LogP contribution in [0.25, 0.3) is 0 Å². The van der Waals surface area contributed by atoms with Crippen molar-refractivity contribution >= 4 is 5.97 Å². The fourth-order valence-corrected chi connectivity index (χ4v) is 2.06. The van der Waals surface area contributed by atoms with Crippen LogP contribution < -0.4 is 4.74 Å². The summed E-state index contributed by atoms with van der Waals surface area (Å²) in [5, 5.41) is 8.40. The summed E-state index contributed by atoms with van der Waals surface area (Å²) in [5.74, 6) is 5.06. The van der Waals surface area contributed by atoms with Crippen LogP contribution in [-0.2, 0) is 6.42 Å². The predicted octanol–water partition coefficient (Wildman–Crippen LogP) is 4.12. The smallest absolute Gasteiger partial charge is 0.343 e. The van der Waals surface area contributed by atoms with E-state index in [4.69, 9.17) is 10.00 Å². The number of aryl methyl sites for hydroxylation is 1. The Labute approximate surface area is 136 Å². The summed E-state index contributed by atoms with van der Waals surface area (Å²) < 4.78 is 5.33. The molecule has 114 valence electrons. The average molecular weight is 303 g/mol. The average Bonchev–Trinajstić information content (AvgIpc) is 2.59. The highest BCUT2D eigenvalue weighted by Crippen LogP contribution is 2.15. The molecule has 0 aromatic heterocycles. The van der Waals surface area contributed by atoms with Crippen LogP contribution >= 0.6 is 0 Å². The van der Waals surface area contributed by atoms with Gasteiger partial charge in [0.2, 0.25) is 0 Å². The summed E-state index contributed by atoms with van der Waals surface area (Å²) in [6, 6.07) is 16.0. The van der Waals surface area contributed by atoms with Gasteiger partial charge < -0.3 is 4.74 Å². The molecule has 0 saturated heterocycles. The lowest BCUT2D eigenvalue weighted by Crippen LogP contribution is -2.08. The van der Waals surface area contributed by atoms with Gasteiger partial charge in [0, 0.05) is 11.5 Å². The molecule has 2 rings (SSSR count). The number of carbonyl (C=O) groups is 1. The van der Waals surface area contributed by atoms with E-state index in [0.717, 1.165) is 19.3 Å². The zero-order chi connectivity index (χ0) is 16.5. The van der Waals surface area contributed by atoms with Gasteiger partial charge in [-0.25, -0.2) is 4.79 Å². The van der Waals surface area contributed by atoms with E-state index in [2.05, 4.69) is 18.8 Å². The molecule has 2 aromatic carbocycles. The Kier molecular flexibility index (Phi) is 5.98. The lowest BCUT2D eigenvalue weighted by molar-refractivity contribution is 0.0735. The maximum atomic E-state index is 12.1. The minimum Gasteiger partial charge on any atom is -0.423 e. The minimum atomic E-state index is -0.386. The van der Waals surface area contributed by atoms with Crippen molar-refractivity contribution in [3.8, 4) is 23.7 Å². The molecule has 0 heterocycles. The number of benzene rings is 2. The number of carbonyl (C=O) groups excluding carboxylic acids is 1. The molecule has 3 heteroatoms. The van der Waals surface area contributed by atoms with E-state index in [1.165, 1.54) is 5.56 Å². The Bertz CT molecular complexity index is 757. The SMILES string of the molecule is CCCCc1ccc(C(=O)Oc2ccc(C#CC#N)cc2)cc1. The second-order valence-electron chi connectivity index (χ2n) is 5.08. The molecule has 2 aromatic rings. The van der Waals surface area contributed by atoms with E-state index < -0.39 is 0 Å². The van der Waals surface area contributed by atoms with Gasteiger partial charge in [0.25, 0.3) is 0 Å². The van der Waals surface area contributed by atoms with Gasteiger partial charge in [-0.3, -0.25) is 0 Å². The summed E-state index contributed by atoms with van der Waals surface area (Å²) in [6.07, 6.45) is 3.32. The van der Waals surface area contributed by atoms with Crippen LogP contribution in [0.4, 0.5) is 0 Å². The second-order valence-corrected chi connectivity index (χ2v) is 5.08. The molecule has 0 radical (unpaired) electrons. The van der Waals surface area contributed by atoms with Gasteiger partial charge in [0.05, 0.1) is 5.56 Å². The number of nitriles is 1. The first-order valence-corrected chi connectivity index (χ1v) is 7.54. The predicted molar refractivity (Wildman–Crippen MR) is 88.9 cm³/mol. The largest absolute Gasteiger partial charge is 0.423 e. The lowest BCUT2D eigenvalue weighted by Gasteiger charge is -2.05. The van der Waals surface area contributed by atoms with Crippen LogP contribution in [0.3, 0.4) is 0 Å². The third-order valence-electron chi connectivity index (χ3n) is 3.34. The van der Waals surface area contributed by atoms with Crippen molar-refractivity contribution in [1.82, 2.24) is 0 Å². The fraction of sp³-hybridized carbons (Fsp3) is 0.200. The number of esters is 1. The monoisotopic (exact) mass is 303 g/mol. The van der Waals surface area contributed by atoms with E-state index in [-0.39, 0.29) is 5.97 Å². The summed E-state index contributed by atoms with van der Waals surface area (Å²) in [4.78, 5) is 12.1. The summed E-state index contributed by atoms with van der Waals surface area (Å²) in [6.45, 7) is 2.16. The first-order valence-electron chi connectivity index (χ1n) is 7.54. The van der Waals surface area contributed by atoms with Crippen LogP contribution in [0, 0.1) is 23.2 Å². The molecular formula is C20H17NO2. The van der Waals surface area contributed by atoms with E-state index >= 15 is 0 Å². The van der Waals surface area contributed by atoms with Crippen LogP contribution in [-0.4, -0.2) is 5.97 Å². The van der Waals surface area contributed by atoms with Crippen molar-refractivity contribution in [2.75, 3.05) is 0 Å². The summed E-state index contributed by atoms with van der Waals surface area (Å²) in [7, 11) is 0. The molecule has 0 aliphatic rings. The summed E-state index contributed by atoms with van der Waals surface area (Å²) >= 11 is 0. The van der Waals surface area contributed by atoms with Crippen molar-refractivity contribution < 1.29 is 9.53 Å². The van der Waals surface area contributed by atoms with E-state index in [0.29, 0.717) is 16.9 Å². The van der Waals surface area contributed by atoms with Gasteiger partial charge in [-0.2, -0.15) is 5.26 Å². The van der Waals surface area contributed by atoms with Crippen molar-refractivity contribution in [3.05, 3.63) is 65.2 Å². The number of unbranched alkanes of at least 4 members (excludes halogenated alkanes) is 1. The van der Waals surface area contributed by atoms with Gasteiger partial charge in [0.15, 0.2) is 6.07 Å². The molecule has 23 heavy (non-hydrogen) atoms. The maximum Gasteiger partial charge on any atom is 0.343 e. The molecule has 0 atom stereocenters. The van der Waals surface area contributed by atoms with Crippen LogP contribution in [0.2, 0.25) is 0 Å². The second kappa shape index (κ2) is 8.41. The first kappa shape index (κ1) is 16.3. The Balaban J connectivity index is 2.00. The fourth-order valence-electron chi connectivity index (χ4n) is 2.06. The van der Waals surface area contributed by atoms with Gasteiger partial charge >= 0.3 is 5.97 Å². The zero-order valence-electron chi connectivity index (χ0n) is 13.0. The molecule has 0 saturated carbocycles. The van der Waals surface area contributed by atoms with E-state index in [9.17, 15) is 4.79 Å². The summed E-state index contributed by atoms with van der Waals surface area (Å²) in [5.41, 5.74) is 2.45. The van der Waals surface area contributed by atoms with Gasteiger partial charge in [-0.1, -0.05) is 31.4 Å². The normalized spacial score (nSPS) is 9.39. The minimum absolute atomic E-state index is 0.386. The molecular weight excluding hydrogens is 286 g/mol. The molecule has 3 nitrogen and oxygen atoms in total. The Morgan fingerprint density at radius 3 is 2.39 bits per heavy atom. The van der Waals surface area contributed by atoms with Gasteiger partial charge in [-0.05, 0) is 54.8 Å². The number of hydrogen-bond donors (Lipinski definition) is 0. The van der Waals surface area contributed by atoms with Crippen molar-refractivity contribution in [1.29, 1.82) is 5.26 Å². The molecule has 0 N–H and O–H groups in total. The zero-order valence-corrected chi connectivity index (χ0v) is 13.0. The Hall–Kier alpha value is -3.04. The number of rotatable bonds is 5. The van der Waals surface area contributed by atoms with Gasteiger partial charge in [0.1, 0.15) is 5.75 Å². The Morgan fingerprint density at radius 2 is 1.78 bits per heavy atom. The van der Waals surface area contributed by atoms with Crippen molar-refractivity contribution in [2.24, 2.45) is 0 Å².